The summed E-state index contributed by atoms with van der Waals surface area (Å²) in [5.74, 6) is 0.956. The molecule has 2 aromatic carbocycles. The van der Waals surface area contributed by atoms with Gasteiger partial charge in [0.05, 0.1) is 24.9 Å². The molecule has 4 rings (SSSR count). The molecule has 160 valence electrons. The minimum Gasteiger partial charge on any atom is -0.490 e. The van der Waals surface area contributed by atoms with E-state index in [0.717, 1.165) is 17.7 Å². The maximum atomic E-state index is 12.5. The fourth-order valence-corrected chi connectivity index (χ4v) is 3.36. The average molecular weight is 420 g/mol. The van der Waals surface area contributed by atoms with Gasteiger partial charge in [-0.3, -0.25) is 9.59 Å². The molecule has 1 atom stereocenters. The first-order chi connectivity index (χ1) is 15.1. The summed E-state index contributed by atoms with van der Waals surface area (Å²) in [6.45, 7) is 3.07. The number of nitrogens with zero attached hydrogens (tertiary/aromatic N) is 3. The van der Waals surface area contributed by atoms with Gasteiger partial charge in [-0.15, -0.1) is 0 Å². The summed E-state index contributed by atoms with van der Waals surface area (Å²) in [5, 5.41) is 7.04. The molecule has 3 aromatic rings. The van der Waals surface area contributed by atoms with Crippen LogP contribution in [0.5, 0.6) is 11.5 Å². The molecule has 1 aromatic heterocycles. The number of rotatable bonds is 7. The third kappa shape index (κ3) is 5.09. The molecule has 1 aliphatic rings. The highest BCUT2D eigenvalue weighted by atomic mass is 16.5. The Kier molecular flexibility index (Phi) is 6.26. The maximum Gasteiger partial charge on any atom is 0.220 e. The van der Waals surface area contributed by atoms with Gasteiger partial charge in [0.1, 0.15) is 12.7 Å². The fraction of sp³-hybridized carbons (Fsp3) is 0.304. The van der Waals surface area contributed by atoms with Gasteiger partial charge in [0.15, 0.2) is 17.3 Å². The Hall–Kier alpha value is -3.68. The van der Waals surface area contributed by atoms with E-state index in [9.17, 15) is 9.59 Å². The standard InChI is InChI=1S/C23H24N4O4/c1-16(17-3-6-19(7-4-17)27-15-24-14-25-27)26-23(29)10-8-20(28)18-5-9-21-22(13-18)31-12-2-11-30-21/h3-7,9,13-16H,2,8,10-12H2,1H3,(H,26,29)/t16-/m0/s1. The number of nitrogens with one attached hydrogen (secondary N) is 1. The Morgan fingerprint density at radius 2 is 1.84 bits per heavy atom. The predicted octanol–water partition coefficient (Wildman–Crippen LogP) is 3.27. The molecule has 8 heteroatoms. The zero-order valence-corrected chi connectivity index (χ0v) is 17.3. The summed E-state index contributed by atoms with van der Waals surface area (Å²) in [4.78, 5) is 28.8. The molecule has 0 fully saturated rings. The Bertz CT molecular complexity index is 1050. The highest BCUT2D eigenvalue weighted by molar-refractivity contribution is 5.98. The second-order valence-electron chi connectivity index (χ2n) is 7.36. The van der Waals surface area contributed by atoms with Gasteiger partial charge in [0, 0.05) is 24.8 Å². The number of ether oxygens (including phenoxy) is 2. The first kappa shape index (κ1) is 20.6. The summed E-state index contributed by atoms with van der Waals surface area (Å²) in [6.07, 6.45) is 4.16. The third-order valence-corrected chi connectivity index (χ3v) is 5.10. The smallest absolute Gasteiger partial charge is 0.220 e. The molecular formula is C23H24N4O4. The quantitative estimate of drug-likeness (QED) is 0.590. The lowest BCUT2D eigenvalue weighted by Gasteiger charge is -2.15. The van der Waals surface area contributed by atoms with Crippen LogP contribution in [0.15, 0.2) is 55.1 Å². The summed E-state index contributed by atoms with van der Waals surface area (Å²) in [6, 6.07) is 12.7. The number of hydrogen-bond acceptors (Lipinski definition) is 6. The lowest BCUT2D eigenvalue weighted by molar-refractivity contribution is -0.121. The summed E-state index contributed by atoms with van der Waals surface area (Å²) in [7, 11) is 0. The molecule has 0 saturated heterocycles. The lowest BCUT2D eigenvalue weighted by atomic mass is 10.0. The Balaban J connectivity index is 1.29. The molecule has 0 radical (unpaired) electrons. The predicted molar refractivity (Wildman–Crippen MR) is 114 cm³/mol. The molecular weight excluding hydrogens is 396 g/mol. The Morgan fingerprint density at radius 3 is 2.58 bits per heavy atom. The second-order valence-corrected chi connectivity index (χ2v) is 7.36. The SMILES string of the molecule is C[C@H](NC(=O)CCC(=O)c1ccc2c(c1)OCCCO2)c1ccc(-n2cncn2)cc1. The molecule has 31 heavy (non-hydrogen) atoms. The van der Waals surface area contributed by atoms with Gasteiger partial charge in [0.2, 0.25) is 5.91 Å². The van der Waals surface area contributed by atoms with Crippen LogP contribution in [0.4, 0.5) is 0 Å². The zero-order valence-electron chi connectivity index (χ0n) is 17.3. The van der Waals surface area contributed by atoms with E-state index in [1.807, 2.05) is 31.2 Å². The monoisotopic (exact) mass is 420 g/mol. The third-order valence-electron chi connectivity index (χ3n) is 5.10. The Morgan fingerprint density at radius 1 is 1.06 bits per heavy atom. The number of benzene rings is 2. The molecule has 1 N–H and O–H groups in total. The van der Waals surface area contributed by atoms with Crippen molar-refractivity contribution in [2.75, 3.05) is 13.2 Å². The van der Waals surface area contributed by atoms with E-state index in [2.05, 4.69) is 15.4 Å². The highest BCUT2D eigenvalue weighted by Gasteiger charge is 2.16. The molecule has 0 unspecified atom stereocenters. The molecule has 2 heterocycles. The Labute approximate surface area is 180 Å². The molecule has 0 saturated carbocycles. The van der Waals surface area contributed by atoms with Crippen molar-refractivity contribution >= 4 is 11.7 Å². The van der Waals surface area contributed by atoms with E-state index in [1.165, 1.54) is 6.33 Å². The minimum absolute atomic E-state index is 0.101. The first-order valence-corrected chi connectivity index (χ1v) is 10.3. The topological polar surface area (TPSA) is 95.3 Å². The number of ketones is 1. The number of aromatic nitrogens is 3. The van der Waals surface area contributed by atoms with Gasteiger partial charge in [-0.25, -0.2) is 9.67 Å². The zero-order chi connectivity index (χ0) is 21.6. The summed E-state index contributed by atoms with van der Waals surface area (Å²) < 4.78 is 12.9. The molecule has 0 spiro atoms. The average Bonchev–Trinajstić information content (AvgIpc) is 3.23. The van der Waals surface area contributed by atoms with Crippen molar-refractivity contribution in [2.45, 2.75) is 32.2 Å². The maximum absolute atomic E-state index is 12.5. The van der Waals surface area contributed by atoms with Gasteiger partial charge in [-0.05, 0) is 42.8 Å². The van der Waals surface area contributed by atoms with Crippen LogP contribution in [0, 0.1) is 0 Å². The largest absolute Gasteiger partial charge is 0.490 e. The van der Waals surface area contributed by atoms with Crippen LogP contribution in [0.25, 0.3) is 5.69 Å². The van der Waals surface area contributed by atoms with E-state index in [-0.39, 0.29) is 30.6 Å². The fourth-order valence-electron chi connectivity index (χ4n) is 3.36. The number of carbonyl (C=O) groups excluding carboxylic acids is 2. The van der Waals surface area contributed by atoms with Crippen LogP contribution in [0.3, 0.4) is 0 Å². The second kappa shape index (κ2) is 9.42. The van der Waals surface area contributed by atoms with Crippen LogP contribution in [0.1, 0.15) is 48.1 Å². The van der Waals surface area contributed by atoms with Gasteiger partial charge in [0.25, 0.3) is 0 Å². The van der Waals surface area contributed by atoms with E-state index < -0.39 is 0 Å². The van der Waals surface area contributed by atoms with E-state index in [4.69, 9.17) is 9.47 Å². The van der Waals surface area contributed by atoms with Gasteiger partial charge >= 0.3 is 0 Å². The van der Waals surface area contributed by atoms with E-state index in [1.54, 1.807) is 29.2 Å². The number of Topliss-reactive ketones (excluding diaryl/α,β-unsaturated/α-hetero) is 1. The molecule has 8 nitrogen and oxygen atoms in total. The molecule has 1 amide bonds. The van der Waals surface area contributed by atoms with Crippen molar-refractivity contribution in [3.05, 3.63) is 66.2 Å². The number of amides is 1. The number of hydrogen-bond donors (Lipinski definition) is 1. The molecule has 0 bridgehead atoms. The summed E-state index contributed by atoms with van der Waals surface area (Å²) in [5.41, 5.74) is 2.38. The first-order valence-electron chi connectivity index (χ1n) is 10.3. The van der Waals surface area contributed by atoms with Crippen molar-refractivity contribution in [1.29, 1.82) is 0 Å². The van der Waals surface area contributed by atoms with E-state index in [0.29, 0.717) is 30.3 Å². The van der Waals surface area contributed by atoms with Crippen LogP contribution in [-0.4, -0.2) is 39.7 Å². The van der Waals surface area contributed by atoms with E-state index >= 15 is 0 Å². The van der Waals surface area contributed by atoms with Crippen LogP contribution in [-0.2, 0) is 4.79 Å². The van der Waals surface area contributed by atoms with Crippen molar-refractivity contribution in [3.63, 3.8) is 0 Å². The van der Waals surface area contributed by atoms with Crippen molar-refractivity contribution < 1.29 is 19.1 Å². The summed E-state index contributed by atoms with van der Waals surface area (Å²) >= 11 is 0. The van der Waals surface area contributed by atoms with Crippen LogP contribution in [0.2, 0.25) is 0 Å². The van der Waals surface area contributed by atoms with Gasteiger partial charge < -0.3 is 14.8 Å². The lowest BCUT2D eigenvalue weighted by Crippen LogP contribution is -2.27. The van der Waals surface area contributed by atoms with Crippen molar-refractivity contribution in [2.24, 2.45) is 0 Å². The normalized spacial score (nSPS) is 13.8. The minimum atomic E-state index is -0.176. The molecule has 1 aliphatic heterocycles. The highest BCUT2D eigenvalue weighted by Crippen LogP contribution is 2.30. The van der Waals surface area contributed by atoms with Crippen molar-refractivity contribution in [3.8, 4) is 17.2 Å². The van der Waals surface area contributed by atoms with Crippen molar-refractivity contribution in [1.82, 2.24) is 20.1 Å². The van der Waals surface area contributed by atoms with Gasteiger partial charge in [-0.2, -0.15) is 5.10 Å². The number of fused-ring (bicyclic) bond motifs is 1. The number of carbonyl (C=O) groups is 2. The molecule has 0 aliphatic carbocycles. The van der Waals surface area contributed by atoms with Gasteiger partial charge in [-0.1, -0.05) is 12.1 Å². The van der Waals surface area contributed by atoms with Crippen LogP contribution >= 0.6 is 0 Å². The van der Waals surface area contributed by atoms with Crippen LogP contribution < -0.4 is 14.8 Å².